The predicted octanol–water partition coefficient (Wildman–Crippen LogP) is 4.32. The van der Waals surface area contributed by atoms with E-state index in [1.54, 1.807) is 6.07 Å². The largest absolute Gasteiger partial charge is 0.504 e. The molecule has 1 heterocycles. The second kappa shape index (κ2) is 5.80. The molecule has 4 N–H and O–H groups in total. The van der Waals surface area contributed by atoms with Gasteiger partial charge in [0, 0.05) is 17.7 Å². The molecule has 2 aliphatic rings. The zero-order chi connectivity index (χ0) is 18.5. The minimum Gasteiger partial charge on any atom is -0.504 e. The van der Waals surface area contributed by atoms with Gasteiger partial charge in [0.2, 0.25) is 0 Å². The van der Waals surface area contributed by atoms with E-state index in [1.165, 1.54) is 12.1 Å². The molecule has 2 aromatic rings. The normalized spacial score (nSPS) is 21.2. The summed E-state index contributed by atoms with van der Waals surface area (Å²) in [6.45, 7) is 4.20. The van der Waals surface area contributed by atoms with E-state index in [4.69, 9.17) is 0 Å². The Hall–Kier alpha value is -2.95. The van der Waals surface area contributed by atoms with Gasteiger partial charge in [-0.2, -0.15) is 0 Å². The molecule has 1 aliphatic heterocycles. The zero-order valence-electron chi connectivity index (χ0n) is 14.8. The maximum absolute atomic E-state index is 13.0. The first-order valence-corrected chi connectivity index (χ1v) is 8.75. The second-order valence-electron chi connectivity index (χ2n) is 7.83. The van der Waals surface area contributed by atoms with Gasteiger partial charge >= 0.3 is 0 Å². The van der Waals surface area contributed by atoms with Crippen molar-refractivity contribution in [2.45, 2.75) is 32.7 Å². The number of carbonyl (C=O) groups is 1. The molecule has 5 nitrogen and oxygen atoms in total. The molecule has 5 heteroatoms. The first-order valence-electron chi connectivity index (χ1n) is 8.75. The molecule has 2 aromatic carbocycles. The van der Waals surface area contributed by atoms with Crippen molar-refractivity contribution in [3.8, 4) is 11.5 Å². The van der Waals surface area contributed by atoms with Gasteiger partial charge in [-0.25, -0.2) is 0 Å². The summed E-state index contributed by atoms with van der Waals surface area (Å²) in [6.07, 6.45) is 1.25. The summed E-state index contributed by atoms with van der Waals surface area (Å²) in [4.78, 5) is 13.0. The van der Waals surface area contributed by atoms with Gasteiger partial charge in [-0.1, -0.05) is 32.0 Å². The van der Waals surface area contributed by atoms with Crippen LogP contribution in [0.1, 0.15) is 38.3 Å². The Kier molecular flexibility index (Phi) is 3.68. The third-order valence-electron chi connectivity index (χ3n) is 5.05. The number of fused-ring (bicyclic) bond motifs is 1. The summed E-state index contributed by atoms with van der Waals surface area (Å²) in [5.74, 6) is -0.270. The molecular weight excluding hydrogens is 328 g/mol. The number of Topliss-reactive ketones (excluding diaryl/α,β-unsaturated/α-hetero) is 1. The van der Waals surface area contributed by atoms with Crippen molar-refractivity contribution in [1.82, 2.24) is 0 Å². The number of phenols is 2. The van der Waals surface area contributed by atoms with Crippen LogP contribution in [0, 0.1) is 5.41 Å². The quantitative estimate of drug-likeness (QED) is 0.576. The van der Waals surface area contributed by atoms with Crippen LogP contribution in [0.2, 0.25) is 0 Å². The average molecular weight is 350 g/mol. The minimum absolute atomic E-state index is 0.0987. The zero-order valence-corrected chi connectivity index (χ0v) is 14.8. The van der Waals surface area contributed by atoms with Crippen LogP contribution in [-0.2, 0) is 4.79 Å². The lowest BCUT2D eigenvalue weighted by Crippen LogP contribution is -2.31. The van der Waals surface area contributed by atoms with Crippen LogP contribution in [0.3, 0.4) is 0 Å². The van der Waals surface area contributed by atoms with Crippen LogP contribution >= 0.6 is 0 Å². The van der Waals surface area contributed by atoms with E-state index in [9.17, 15) is 15.0 Å². The van der Waals surface area contributed by atoms with E-state index in [2.05, 4.69) is 24.5 Å². The van der Waals surface area contributed by atoms with Crippen molar-refractivity contribution >= 4 is 17.2 Å². The van der Waals surface area contributed by atoms with Crippen molar-refractivity contribution in [2.24, 2.45) is 5.41 Å². The van der Waals surface area contributed by atoms with Gasteiger partial charge in [-0.05, 0) is 41.7 Å². The van der Waals surface area contributed by atoms with Gasteiger partial charge in [0.25, 0.3) is 0 Å². The summed E-state index contributed by atoms with van der Waals surface area (Å²) in [5.41, 5.74) is 4.07. The molecule has 26 heavy (non-hydrogen) atoms. The highest BCUT2D eigenvalue weighted by molar-refractivity contribution is 6.01. The fourth-order valence-electron chi connectivity index (χ4n) is 3.86. The van der Waals surface area contributed by atoms with E-state index < -0.39 is 6.04 Å². The van der Waals surface area contributed by atoms with Crippen molar-refractivity contribution in [3.63, 3.8) is 0 Å². The number of ketones is 1. The number of rotatable bonds is 1. The Labute approximate surface area is 152 Å². The van der Waals surface area contributed by atoms with Gasteiger partial charge in [-0.15, -0.1) is 0 Å². The van der Waals surface area contributed by atoms with Crippen LogP contribution < -0.4 is 10.6 Å². The molecule has 1 aliphatic carbocycles. The lowest BCUT2D eigenvalue weighted by atomic mass is 9.73. The van der Waals surface area contributed by atoms with Gasteiger partial charge in [-0.3, -0.25) is 4.79 Å². The lowest BCUT2D eigenvalue weighted by molar-refractivity contribution is -0.118. The average Bonchev–Trinajstić information content (AvgIpc) is 2.72. The third kappa shape index (κ3) is 2.79. The van der Waals surface area contributed by atoms with Crippen LogP contribution in [0.15, 0.2) is 53.7 Å². The summed E-state index contributed by atoms with van der Waals surface area (Å²) < 4.78 is 0. The standard InChI is InChI=1S/C21H22N2O3/c1-21(2)10-15-19(18(26)11-21)20(12-7-8-16(24)17(25)9-12)23-14-6-4-3-5-13(14)22-15/h3-9,20,22-25H,10-11H2,1-2H3/t20-/m0/s1. The number of anilines is 2. The van der Waals surface area contributed by atoms with Crippen LogP contribution in [0.4, 0.5) is 11.4 Å². The second-order valence-corrected chi connectivity index (χ2v) is 7.83. The Balaban J connectivity index is 1.89. The highest BCUT2D eigenvalue weighted by atomic mass is 16.3. The van der Waals surface area contributed by atoms with Crippen molar-refractivity contribution in [2.75, 3.05) is 10.6 Å². The number of phenolic OH excluding ortho intramolecular Hbond substituents is 2. The van der Waals surface area contributed by atoms with E-state index in [1.807, 2.05) is 24.3 Å². The van der Waals surface area contributed by atoms with Gasteiger partial charge in [0.15, 0.2) is 17.3 Å². The molecule has 0 aromatic heterocycles. The summed E-state index contributed by atoms with van der Waals surface area (Å²) in [6, 6.07) is 12.1. The molecule has 134 valence electrons. The smallest absolute Gasteiger partial charge is 0.163 e. The lowest BCUT2D eigenvalue weighted by Gasteiger charge is -2.34. The molecule has 0 radical (unpaired) electrons. The number of hydrogen-bond acceptors (Lipinski definition) is 5. The number of carbonyl (C=O) groups excluding carboxylic acids is 1. The number of allylic oxidation sites excluding steroid dienone is 1. The van der Waals surface area contributed by atoms with Gasteiger partial charge in [0.05, 0.1) is 17.4 Å². The highest BCUT2D eigenvalue weighted by Gasteiger charge is 2.38. The Morgan fingerprint density at radius 1 is 1.00 bits per heavy atom. The van der Waals surface area contributed by atoms with E-state index in [0.717, 1.165) is 29.1 Å². The topological polar surface area (TPSA) is 81.6 Å². The fraction of sp³-hybridized carbons (Fsp3) is 0.286. The summed E-state index contributed by atoms with van der Waals surface area (Å²) in [5, 5.41) is 26.5. The summed E-state index contributed by atoms with van der Waals surface area (Å²) >= 11 is 0. The molecular formula is C21H22N2O3. The number of hydrogen-bond donors (Lipinski definition) is 4. The molecule has 0 bridgehead atoms. The maximum Gasteiger partial charge on any atom is 0.163 e. The van der Waals surface area contributed by atoms with Gasteiger partial charge in [0.1, 0.15) is 0 Å². The third-order valence-corrected chi connectivity index (χ3v) is 5.05. The first-order chi connectivity index (χ1) is 12.3. The number of nitrogens with one attached hydrogen (secondary N) is 2. The van der Waals surface area contributed by atoms with Gasteiger partial charge < -0.3 is 20.8 Å². The molecule has 0 amide bonds. The molecule has 0 unspecified atom stereocenters. The Morgan fingerprint density at radius 2 is 1.73 bits per heavy atom. The number of benzene rings is 2. The van der Waals surface area contributed by atoms with Crippen molar-refractivity contribution in [3.05, 3.63) is 59.3 Å². The maximum atomic E-state index is 13.0. The van der Waals surface area contributed by atoms with Crippen LogP contribution in [-0.4, -0.2) is 16.0 Å². The number of para-hydroxylation sites is 2. The highest BCUT2D eigenvalue weighted by Crippen LogP contribution is 2.46. The predicted molar refractivity (Wildman–Crippen MR) is 101 cm³/mol. The molecule has 0 spiro atoms. The van der Waals surface area contributed by atoms with Crippen molar-refractivity contribution < 1.29 is 15.0 Å². The fourth-order valence-corrected chi connectivity index (χ4v) is 3.86. The van der Waals surface area contributed by atoms with Crippen LogP contribution in [0.25, 0.3) is 0 Å². The minimum atomic E-state index is -0.392. The van der Waals surface area contributed by atoms with E-state index in [-0.39, 0.29) is 22.7 Å². The van der Waals surface area contributed by atoms with Crippen LogP contribution in [0.5, 0.6) is 11.5 Å². The molecule has 0 saturated carbocycles. The molecule has 1 atom stereocenters. The van der Waals surface area contributed by atoms with E-state index in [0.29, 0.717) is 12.0 Å². The molecule has 0 fully saturated rings. The molecule has 0 saturated heterocycles. The van der Waals surface area contributed by atoms with Crippen molar-refractivity contribution in [1.29, 1.82) is 0 Å². The first kappa shape index (κ1) is 16.5. The SMILES string of the molecule is CC1(C)CC(=O)C2=C(C1)Nc1ccccc1N[C@H]2c1ccc(O)c(O)c1. The monoisotopic (exact) mass is 350 g/mol. The number of aromatic hydroxyl groups is 2. The Morgan fingerprint density at radius 3 is 2.46 bits per heavy atom. The summed E-state index contributed by atoms with van der Waals surface area (Å²) in [7, 11) is 0. The molecule has 4 rings (SSSR count). The Bertz CT molecular complexity index is 931. The van der Waals surface area contributed by atoms with E-state index >= 15 is 0 Å².